The molecule has 0 radical (unpaired) electrons. The fourth-order valence-corrected chi connectivity index (χ4v) is 4.08. The molecule has 0 saturated heterocycles. The van der Waals surface area contributed by atoms with Gasteiger partial charge >= 0.3 is 0 Å². The van der Waals surface area contributed by atoms with Gasteiger partial charge in [-0.2, -0.15) is 5.10 Å². The van der Waals surface area contributed by atoms with Crippen LogP contribution in [-0.4, -0.2) is 32.1 Å². The van der Waals surface area contributed by atoms with Gasteiger partial charge in [0, 0.05) is 11.4 Å². The van der Waals surface area contributed by atoms with Crippen LogP contribution < -0.4 is 0 Å². The molecule has 7 heteroatoms. The van der Waals surface area contributed by atoms with Crippen molar-refractivity contribution < 1.29 is 4.79 Å². The van der Waals surface area contributed by atoms with Crippen LogP contribution in [0, 0.1) is 0 Å². The summed E-state index contributed by atoms with van der Waals surface area (Å²) in [6.07, 6.45) is 3.96. The third-order valence-corrected chi connectivity index (χ3v) is 5.02. The van der Waals surface area contributed by atoms with Crippen LogP contribution in [0.3, 0.4) is 0 Å². The number of halogens is 1. The first-order valence-electron chi connectivity index (χ1n) is 6.05. The van der Waals surface area contributed by atoms with E-state index in [1.807, 2.05) is 11.8 Å². The zero-order valence-corrected chi connectivity index (χ0v) is 12.8. The van der Waals surface area contributed by atoms with Gasteiger partial charge in [0.15, 0.2) is 0 Å². The van der Waals surface area contributed by atoms with Crippen molar-refractivity contribution in [1.82, 2.24) is 19.7 Å². The maximum Gasteiger partial charge on any atom is 0.247 e. The van der Waals surface area contributed by atoms with Crippen molar-refractivity contribution in [3.05, 3.63) is 32.9 Å². The van der Waals surface area contributed by atoms with Crippen molar-refractivity contribution in [1.29, 1.82) is 0 Å². The summed E-state index contributed by atoms with van der Waals surface area (Å²) >= 11 is 5.21. The summed E-state index contributed by atoms with van der Waals surface area (Å²) in [5.41, 5.74) is 1.36. The Morgan fingerprint density at radius 2 is 2.42 bits per heavy atom. The van der Waals surface area contributed by atoms with Crippen molar-refractivity contribution in [2.45, 2.75) is 25.9 Å². The predicted octanol–water partition coefficient (Wildman–Crippen LogP) is 2.25. The molecule has 0 fully saturated rings. The minimum Gasteiger partial charge on any atom is -0.335 e. The average Bonchev–Trinajstić information content (AvgIpc) is 3.03. The molecule has 2 aromatic rings. The van der Waals surface area contributed by atoms with Crippen LogP contribution in [0.4, 0.5) is 0 Å². The normalized spacial score (nSPS) is 16.2. The smallest absolute Gasteiger partial charge is 0.247 e. The number of nitrogens with zero attached hydrogens (tertiary/aromatic N) is 4. The van der Waals surface area contributed by atoms with Crippen LogP contribution in [0.2, 0.25) is 0 Å². The van der Waals surface area contributed by atoms with Crippen LogP contribution in [0.5, 0.6) is 0 Å². The van der Waals surface area contributed by atoms with Crippen LogP contribution in [0.1, 0.15) is 23.4 Å². The molecule has 0 unspecified atom stereocenters. The van der Waals surface area contributed by atoms with Crippen molar-refractivity contribution in [3.8, 4) is 0 Å². The second kappa shape index (κ2) is 5.05. The number of carbonyl (C=O) groups is 1. The van der Waals surface area contributed by atoms with E-state index in [9.17, 15) is 4.79 Å². The molecule has 19 heavy (non-hydrogen) atoms. The van der Waals surface area contributed by atoms with Crippen molar-refractivity contribution in [2.24, 2.45) is 0 Å². The summed E-state index contributed by atoms with van der Waals surface area (Å²) in [4.78, 5) is 19.5. The van der Waals surface area contributed by atoms with Crippen LogP contribution in [0.15, 0.2) is 22.5 Å². The predicted molar refractivity (Wildman–Crippen MR) is 75.9 cm³/mol. The Morgan fingerprint density at radius 1 is 1.58 bits per heavy atom. The lowest BCUT2D eigenvalue weighted by molar-refractivity contribution is -0.135. The molecule has 0 spiro atoms. The molecule has 1 aliphatic heterocycles. The topological polar surface area (TPSA) is 51.0 Å². The Balaban J connectivity index is 1.76. The van der Waals surface area contributed by atoms with Gasteiger partial charge in [-0.3, -0.25) is 4.79 Å². The number of fused-ring (bicyclic) bond motifs is 1. The first-order valence-corrected chi connectivity index (χ1v) is 7.66. The molecule has 1 amide bonds. The van der Waals surface area contributed by atoms with Crippen LogP contribution >= 0.6 is 27.3 Å². The number of hydrogen-bond acceptors (Lipinski definition) is 4. The minimum atomic E-state index is -0.299. The van der Waals surface area contributed by atoms with Gasteiger partial charge in [0.05, 0.1) is 10.3 Å². The Hall–Kier alpha value is -1.21. The Labute approximate surface area is 123 Å². The van der Waals surface area contributed by atoms with Gasteiger partial charge in [0.25, 0.3) is 0 Å². The highest BCUT2D eigenvalue weighted by atomic mass is 79.9. The van der Waals surface area contributed by atoms with E-state index in [1.165, 1.54) is 16.8 Å². The Bertz CT molecular complexity index is 595. The van der Waals surface area contributed by atoms with Gasteiger partial charge in [-0.15, -0.1) is 11.3 Å². The van der Waals surface area contributed by atoms with E-state index in [4.69, 9.17) is 0 Å². The van der Waals surface area contributed by atoms with E-state index < -0.39 is 0 Å². The highest BCUT2D eigenvalue weighted by Crippen LogP contribution is 2.32. The molecule has 0 saturated carbocycles. The summed E-state index contributed by atoms with van der Waals surface area (Å²) in [5, 5.41) is 4.03. The van der Waals surface area contributed by atoms with Gasteiger partial charge in [-0.05, 0) is 40.9 Å². The lowest BCUT2D eigenvalue weighted by Crippen LogP contribution is -2.39. The number of rotatable bonds is 2. The van der Waals surface area contributed by atoms with E-state index in [-0.39, 0.29) is 11.9 Å². The van der Waals surface area contributed by atoms with Crippen LogP contribution in [-0.2, 0) is 17.8 Å². The van der Waals surface area contributed by atoms with Crippen LogP contribution in [0.25, 0.3) is 0 Å². The fraction of sp³-hybridized carbons (Fsp3) is 0.417. The van der Waals surface area contributed by atoms with E-state index in [0.717, 1.165) is 16.8 Å². The largest absolute Gasteiger partial charge is 0.335 e. The van der Waals surface area contributed by atoms with Gasteiger partial charge in [-0.1, -0.05) is 0 Å². The third-order valence-electron chi connectivity index (χ3n) is 3.35. The van der Waals surface area contributed by atoms with Gasteiger partial charge < -0.3 is 4.90 Å². The van der Waals surface area contributed by atoms with Crippen molar-refractivity contribution in [3.63, 3.8) is 0 Å². The molecule has 1 aliphatic rings. The van der Waals surface area contributed by atoms with Crippen molar-refractivity contribution in [2.75, 3.05) is 6.54 Å². The lowest BCUT2D eigenvalue weighted by Gasteiger charge is -2.29. The maximum absolute atomic E-state index is 12.4. The van der Waals surface area contributed by atoms with E-state index >= 15 is 0 Å². The number of thiophene rings is 1. The molecule has 2 aromatic heterocycles. The van der Waals surface area contributed by atoms with E-state index in [0.29, 0.717) is 6.54 Å². The SMILES string of the molecule is C[C@H](C(=O)N1CCc2cc(Br)sc2C1)n1cncn1. The maximum atomic E-state index is 12.4. The molecule has 3 rings (SSSR count). The first kappa shape index (κ1) is 12.8. The molecular formula is C12H13BrN4OS. The third kappa shape index (κ3) is 2.44. The quantitative estimate of drug-likeness (QED) is 0.842. The molecule has 0 N–H and O–H groups in total. The van der Waals surface area contributed by atoms with E-state index in [2.05, 4.69) is 32.1 Å². The molecule has 0 aliphatic carbocycles. The fourth-order valence-electron chi connectivity index (χ4n) is 2.27. The number of carbonyl (C=O) groups excluding carboxylic acids is 1. The van der Waals surface area contributed by atoms with Gasteiger partial charge in [0.1, 0.15) is 18.7 Å². The number of amides is 1. The Kier molecular flexibility index (Phi) is 3.40. The minimum absolute atomic E-state index is 0.0978. The molecule has 100 valence electrons. The summed E-state index contributed by atoms with van der Waals surface area (Å²) < 4.78 is 2.73. The summed E-state index contributed by atoms with van der Waals surface area (Å²) in [6, 6.07) is 1.86. The van der Waals surface area contributed by atoms with Crippen molar-refractivity contribution >= 4 is 33.2 Å². The molecule has 1 atom stereocenters. The number of aromatic nitrogens is 3. The summed E-state index contributed by atoms with van der Waals surface area (Å²) in [6.45, 7) is 3.33. The second-order valence-electron chi connectivity index (χ2n) is 4.56. The van der Waals surface area contributed by atoms with E-state index in [1.54, 1.807) is 22.3 Å². The second-order valence-corrected chi connectivity index (χ2v) is 7.08. The summed E-state index contributed by atoms with van der Waals surface area (Å²) in [7, 11) is 0. The highest BCUT2D eigenvalue weighted by molar-refractivity contribution is 9.11. The highest BCUT2D eigenvalue weighted by Gasteiger charge is 2.27. The zero-order chi connectivity index (χ0) is 13.4. The number of hydrogen-bond donors (Lipinski definition) is 0. The molecule has 3 heterocycles. The summed E-state index contributed by atoms with van der Waals surface area (Å²) in [5.74, 6) is 0.0978. The van der Waals surface area contributed by atoms with Gasteiger partial charge in [0.2, 0.25) is 5.91 Å². The molecule has 0 aromatic carbocycles. The van der Waals surface area contributed by atoms with Gasteiger partial charge in [-0.25, -0.2) is 9.67 Å². The first-order chi connectivity index (χ1) is 9.15. The molecule has 5 nitrogen and oxygen atoms in total. The molecule has 0 bridgehead atoms. The lowest BCUT2D eigenvalue weighted by atomic mass is 10.1. The zero-order valence-electron chi connectivity index (χ0n) is 10.4. The standard InChI is InChI=1S/C12H13BrN4OS/c1-8(17-7-14-6-15-17)12(18)16-3-2-9-4-11(13)19-10(9)5-16/h4,6-8H,2-3,5H2,1H3/t8-/m1/s1. The Morgan fingerprint density at radius 3 is 3.16 bits per heavy atom. The monoisotopic (exact) mass is 340 g/mol. The molecular weight excluding hydrogens is 328 g/mol. The average molecular weight is 341 g/mol.